The molecule has 0 bridgehead atoms. The molecule has 6 aliphatic rings. The molecule has 3 aliphatic heterocycles. The summed E-state index contributed by atoms with van der Waals surface area (Å²) in [7, 11) is 0. The molecule has 3 heterocycles. The second-order valence-electron chi connectivity index (χ2n) is 22.0. The van der Waals surface area contributed by atoms with Gasteiger partial charge in [0, 0.05) is 105 Å². The molecule has 3 saturated carbocycles. The van der Waals surface area contributed by atoms with E-state index < -0.39 is 48.9 Å². The van der Waals surface area contributed by atoms with Gasteiger partial charge in [0.1, 0.15) is 37.0 Å². The number of nitrogens with zero attached hydrogens (tertiary/aromatic N) is 3. The lowest BCUT2D eigenvalue weighted by Crippen LogP contribution is -2.54. The molecule has 3 aliphatic carbocycles. The Morgan fingerprint density at radius 1 is 0.443 bits per heavy atom. The molecular formula is C45H86F10N6. The van der Waals surface area contributed by atoms with Gasteiger partial charge in [0.25, 0.3) is 11.8 Å². The van der Waals surface area contributed by atoms with Crippen LogP contribution in [0.25, 0.3) is 0 Å². The Hall–Kier alpha value is -0.940. The van der Waals surface area contributed by atoms with Gasteiger partial charge in [0.05, 0.1) is 6.54 Å². The first-order valence-electron chi connectivity index (χ1n) is 22.6. The van der Waals surface area contributed by atoms with E-state index in [4.69, 9.17) is 0 Å². The minimum absolute atomic E-state index is 0.00424. The van der Waals surface area contributed by atoms with E-state index in [-0.39, 0.29) is 92.8 Å². The summed E-state index contributed by atoms with van der Waals surface area (Å²) in [6.07, 6.45) is -3.27. The van der Waals surface area contributed by atoms with Crippen LogP contribution in [-0.2, 0) is 0 Å². The SMILES string of the molecule is CC(C)(C)NC1CC(F)(F)C1.CC(C)(C)NC1CC(F)C1.CC(C)(C)NC1CC(F)C1.CC(C)N1CCC(F)(F)C1.CC(C)N1C[C@@H](F)[C@@H](F)C1.CC(C)N1C[C@@H](F)[C@H](F)C1. The molecule has 16 heteroatoms. The molecule has 3 N–H and O–H groups in total. The zero-order chi connectivity index (χ0) is 47.5. The summed E-state index contributed by atoms with van der Waals surface area (Å²) in [5, 5.41) is 9.82. The van der Waals surface area contributed by atoms with E-state index in [1.165, 1.54) is 0 Å². The molecule has 0 aromatic carbocycles. The first-order chi connectivity index (χ1) is 27.5. The molecule has 3 saturated heterocycles. The molecule has 0 amide bonds. The van der Waals surface area contributed by atoms with Crippen LogP contribution in [0.5, 0.6) is 0 Å². The normalized spacial score (nSPS) is 31.5. The minimum atomic E-state index is -2.43. The lowest BCUT2D eigenvalue weighted by Gasteiger charge is -2.39. The maximum absolute atomic E-state index is 12.5. The van der Waals surface area contributed by atoms with Crippen LogP contribution in [0.2, 0.25) is 0 Å². The van der Waals surface area contributed by atoms with Crippen molar-refractivity contribution in [2.75, 3.05) is 39.3 Å². The Labute approximate surface area is 363 Å². The molecule has 6 fully saturated rings. The summed E-state index contributed by atoms with van der Waals surface area (Å²) in [6.45, 7) is 31.9. The third kappa shape index (κ3) is 25.4. The summed E-state index contributed by atoms with van der Waals surface area (Å²) in [4.78, 5) is 5.44. The van der Waals surface area contributed by atoms with E-state index in [2.05, 4.69) is 57.5 Å². The van der Waals surface area contributed by atoms with Crippen molar-refractivity contribution in [1.82, 2.24) is 30.7 Å². The molecule has 4 atom stereocenters. The van der Waals surface area contributed by atoms with Crippen molar-refractivity contribution >= 4 is 0 Å². The Morgan fingerprint density at radius 3 is 0.885 bits per heavy atom. The van der Waals surface area contributed by atoms with E-state index in [0.717, 1.165) is 0 Å². The lowest BCUT2D eigenvalue weighted by molar-refractivity contribution is -0.0968. The van der Waals surface area contributed by atoms with Crippen LogP contribution in [0, 0.1) is 0 Å². The van der Waals surface area contributed by atoms with Crippen molar-refractivity contribution < 1.29 is 43.9 Å². The Kier molecular flexibility index (Phi) is 23.4. The number of hydrogen-bond donors (Lipinski definition) is 3. The molecule has 0 unspecified atom stereocenters. The first-order valence-corrected chi connectivity index (χ1v) is 22.6. The predicted molar refractivity (Wildman–Crippen MR) is 232 cm³/mol. The van der Waals surface area contributed by atoms with Crippen molar-refractivity contribution in [2.45, 2.75) is 251 Å². The highest BCUT2D eigenvalue weighted by atomic mass is 19.3. The van der Waals surface area contributed by atoms with Crippen LogP contribution in [0.15, 0.2) is 0 Å². The highest BCUT2D eigenvalue weighted by molar-refractivity contribution is 4.94. The van der Waals surface area contributed by atoms with Gasteiger partial charge in [-0.2, -0.15) is 0 Å². The Balaban J connectivity index is 0.000000366. The summed E-state index contributed by atoms with van der Waals surface area (Å²) >= 11 is 0. The second kappa shape index (κ2) is 24.5. The first kappa shape index (κ1) is 58.1. The number of halogens is 10. The van der Waals surface area contributed by atoms with Gasteiger partial charge in [0.15, 0.2) is 0 Å². The third-order valence-corrected chi connectivity index (χ3v) is 11.0. The topological polar surface area (TPSA) is 45.8 Å². The molecule has 0 aromatic heterocycles. The van der Waals surface area contributed by atoms with Crippen LogP contribution in [0.3, 0.4) is 0 Å². The third-order valence-electron chi connectivity index (χ3n) is 11.0. The van der Waals surface area contributed by atoms with Gasteiger partial charge in [-0.3, -0.25) is 14.7 Å². The van der Waals surface area contributed by atoms with Gasteiger partial charge in [0.2, 0.25) is 0 Å². The van der Waals surface area contributed by atoms with E-state index in [1.54, 1.807) is 4.90 Å². The summed E-state index contributed by atoms with van der Waals surface area (Å²) in [6, 6.07) is 1.65. The smallest absolute Gasteiger partial charge is 0.261 e. The number of hydrogen-bond acceptors (Lipinski definition) is 6. The van der Waals surface area contributed by atoms with E-state index in [1.807, 2.05) is 72.1 Å². The fourth-order valence-corrected chi connectivity index (χ4v) is 7.48. The van der Waals surface area contributed by atoms with E-state index >= 15 is 0 Å². The van der Waals surface area contributed by atoms with Crippen molar-refractivity contribution in [3.05, 3.63) is 0 Å². The fraction of sp³-hybridized carbons (Fsp3) is 1.00. The van der Waals surface area contributed by atoms with E-state index in [0.29, 0.717) is 44.3 Å². The lowest BCUT2D eigenvalue weighted by atomic mass is 9.86. The van der Waals surface area contributed by atoms with Crippen LogP contribution in [0.1, 0.15) is 149 Å². The number of alkyl halides is 10. The van der Waals surface area contributed by atoms with Gasteiger partial charge in [-0.15, -0.1) is 0 Å². The average Bonchev–Trinajstić information content (AvgIpc) is 3.69. The predicted octanol–water partition coefficient (Wildman–Crippen LogP) is 10.4. The molecule has 366 valence electrons. The van der Waals surface area contributed by atoms with Crippen LogP contribution < -0.4 is 16.0 Å². The van der Waals surface area contributed by atoms with Crippen molar-refractivity contribution in [3.63, 3.8) is 0 Å². The summed E-state index contributed by atoms with van der Waals surface area (Å²) < 4.78 is 124. The molecule has 0 radical (unpaired) electrons. The average molecular weight is 901 g/mol. The number of nitrogens with one attached hydrogen (secondary N) is 3. The van der Waals surface area contributed by atoms with Gasteiger partial charge < -0.3 is 16.0 Å². The number of rotatable bonds is 6. The fourth-order valence-electron chi connectivity index (χ4n) is 7.48. The molecule has 6 nitrogen and oxygen atoms in total. The maximum atomic E-state index is 12.5. The van der Waals surface area contributed by atoms with Gasteiger partial charge >= 0.3 is 0 Å². The molecular weight excluding hydrogens is 815 g/mol. The van der Waals surface area contributed by atoms with Crippen LogP contribution in [-0.4, -0.2) is 156 Å². The highest BCUT2D eigenvalue weighted by Gasteiger charge is 2.46. The largest absolute Gasteiger partial charge is 0.309 e. The Morgan fingerprint density at radius 2 is 0.721 bits per heavy atom. The van der Waals surface area contributed by atoms with Crippen LogP contribution in [0.4, 0.5) is 43.9 Å². The zero-order valence-corrected chi connectivity index (χ0v) is 40.2. The molecule has 61 heavy (non-hydrogen) atoms. The van der Waals surface area contributed by atoms with Gasteiger partial charge in [-0.05, 0) is 130 Å². The van der Waals surface area contributed by atoms with Crippen molar-refractivity contribution in [3.8, 4) is 0 Å². The summed E-state index contributed by atoms with van der Waals surface area (Å²) in [5.41, 5.74) is 0.247. The maximum Gasteiger partial charge on any atom is 0.261 e. The molecule has 0 spiro atoms. The Bertz CT molecular complexity index is 1100. The minimum Gasteiger partial charge on any atom is -0.309 e. The van der Waals surface area contributed by atoms with Gasteiger partial charge in [-0.1, -0.05) is 0 Å². The molecule has 0 aromatic rings. The van der Waals surface area contributed by atoms with Crippen molar-refractivity contribution in [2.24, 2.45) is 0 Å². The van der Waals surface area contributed by atoms with Crippen molar-refractivity contribution in [1.29, 1.82) is 0 Å². The number of likely N-dealkylation sites (tertiary alicyclic amines) is 3. The monoisotopic (exact) mass is 901 g/mol. The quantitative estimate of drug-likeness (QED) is 0.231. The van der Waals surface area contributed by atoms with Crippen LogP contribution >= 0.6 is 0 Å². The highest BCUT2D eigenvalue weighted by Crippen LogP contribution is 2.38. The standard InChI is InChI=1S/C8H15F2N.2C8H16FN.3C7H13F2N/c1-7(2,3)11-6-4-8(9,10)5-6;2*1-8(2,3)10-7-4-6(9)5-7;2*1-5(2)10-3-6(8)7(9)4-10;1-6(2)10-4-3-7(8,9)5-10/h6,11H,4-5H2,1-3H3;2*6-7,10H,4-5H2,1-3H3;2*5-7H,3-4H2,1-2H3;6H,3-5H2,1-2H3/t;;;6-,7+;6-,7-;/m....1./s1. The molecule has 6 rings (SSSR count). The summed E-state index contributed by atoms with van der Waals surface area (Å²) in [5.74, 6) is -4.83. The van der Waals surface area contributed by atoms with Gasteiger partial charge in [-0.25, -0.2) is 43.9 Å². The van der Waals surface area contributed by atoms with E-state index in [9.17, 15) is 43.9 Å². The zero-order valence-electron chi connectivity index (χ0n) is 40.2. The second-order valence-corrected chi connectivity index (χ2v) is 22.0.